The number of amides is 2. The molecule has 0 aromatic rings. The molecule has 96 valence electrons. The Bertz CT molecular complexity index is 302. The van der Waals surface area contributed by atoms with Crippen LogP contribution in [0.1, 0.15) is 26.2 Å². The van der Waals surface area contributed by atoms with Crippen molar-refractivity contribution in [2.75, 3.05) is 6.61 Å². The number of esters is 1. The van der Waals surface area contributed by atoms with E-state index >= 15 is 0 Å². The third kappa shape index (κ3) is 8.01. The smallest absolute Gasteiger partial charge is 0.303 e. The maximum absolute atomic E-state index is 11.3. The number of unbranched alkanes of at least 4 members (excludes halogenated alkanes) is 1. The molecule has 0 saturated heterocycles. The number of carbonyl (C=O) groups excluding carboxylic acids is 3. The van der Waals surface area contributed by atoms with Crippen LogP contribution in [0, 0.1) is 0 Å². The highest BCUT2D eigenvalue weighted by Crippen LogP contribution is 2.01. The van der Waals surface area contributed by atoms with Crippen LogP contribution in [0.15, 0.2) is 12.7 Å². The van der Waals surface area contributed by atoms with E-state index in [2.05, 4.69) is 16.6 Å². The number of primary amides is 1. The number of allylic oxidation sites excluding steroid dienone is 1. The van der Waals surface area contributed by atoms with Crippen molar-refractivity contribution in [1.82, 2.24) is 5.32 Å². The molecule has 17 heavy (non-hydrogen) atoms. The molecule has 0 radical (unpaired) electrons. The van der Waals surface area contributed by atoms with Crippen molar-refractivity contribution in [3.8, 4) is 0 Å². The molecule has 6 heteroatoms. The van der Waals surface area contributed by atoms with Crippen molar-refractivity contribution in [3.63, 3.8) is 0 Å². The van der Waals surface area contributed by atoms with E-state index in [-0.39, 0.29) is 0 Å². The fourth-order valence-electron chi connectivity index (χ4n) is 1.16. The second-order valence-corrected chi connectivity index (χ2v) is 3.52. The first-order valence-corrected chi connectivity index (χ1v) is 5.30. The van der Waals surface area contributed by atoms with Gasteiger partial charge in [-0.25, -0.2) is 0 Å². The van der Waals surface area contributed by atoms with Gasteiger partial charge in [0.25, 0.3) is 5.91 Å². The number of nitrogens with two attached hydrogens (primary N) is 1. The van der Waals surface area contributed by atoms with Crippen LogP contribution < -0.4 is 11.1 Å². The first-order chi connectivity index (χ1) is 7.97. The van der Waals surface area contributed by atoms with Gasteiger partial charge in [-0.1, -0.05) is 6.08 Å². The number of ether oxygens (including phenoxy) is 1. The van der Waals surface area contributed by atoms with E-state index < -0.39 is 30.4 Å². The monoisotopic (exact) mass is 242 g/mol. The van der Waals surface area contributed by atoms with E-state index in [1.54, 1.807) is 6.08 Å². The van der Waals surface area contributed by atoms with Crippen molar-refractivity contribution < 1.29 is 19.1 Å². The van der Waals surface area contributed by atoms with Gasteiger partial charge in [0.05, 0.1) is 0 Å². The predicted octanol–water partition coefficient (Wildman–Crippen LogP) is -0.124. The van der Waals surface area contributed by atoms with E-state index in [4.69, 9.17) is 5.73 Å². The normalized spacial score (nSPS) is 11.4. The summed E-state index contributed by atoms with van der Waals surface area (Å²) in [6.07, 6.45) is 3.60. The first kappa shape index (κ1) is 15.2. The molecule has 0 spiro atoms. The van der Waals surface area contributed by atoms with Gasteiger partial charge in [0, 0.05) is 6.92 Å². The molecule has 3 N–H and O–H groups in total. The molecule has 0 aliphatic carbocycles. The molecule has 0 aromatic heterocycles. The maximum atomic E-state index is 11.3. The third-order valence-corrected chi connectivity index (χ3v) is 1.99. The van der Waals surface area contributed by atoms with Crippen LogP contribution >= 0.6 is 0 Å². The Morgan fingerprint density at radius 3 is 2.59 bits per heavy atom. The second-order valence-electron chi connectivity index (χ2n) is 3.52. The Morgan fingerprint density at radius 2 is 2.12 bits per heavy atom. The molecular weight excluding hydrogens is 224 g/mol. The SMILES string of the molecule is C=CCCC[C@H](NC(=O)COC(C)=O)C(N)=O. The van der Waals surface area contributed by atoms with Crippen LogP contribution in [0.5, 0.6) is 0 Å². The molecule has 0 aliphatic rings. The lowest BCUT2D eigenvalue weighted by Crippen LogP contribution is -2.45. The van der Waals surface area contributed by atoms with Crippen LogP contribution in [0.3, 0.4) is 0 Å². The van der Waals surface area contributed by atoms with Gasteiger partial charge in [0.15, 0.2) is 6.61 Å². The molecule has 1 atom stereocenters. The Morgan fingerprint density at radius 1 is 1.47 bits per heavy atom. The van der Waals surface area contributed by atoms with E-state index in [0.29, 0.717) is 12.8 Å². The molecule has 0 aliphatic heterocycles. The lowest BCUT2D eigenvalue weighted by Gasteiger charge is -2.14. The number of hydrogen-bond donors (Lipinski definition) is 2. The fourth-order valence-corrected chi connectivity index (χ4v) is 1.16. The van der Waals surface area contributed by atoms with Crippen molar-refractivity contribution in [3.05, 3.63) is 12.7 Å². The lowest BCUT2D eigenvalue weighted by atomic mass is 10.1. The number of rotatable bonds is 8. The average Bonchev–Trinajstić information content (AvgIpc) is 2.25. The summed E-state index contributed by atoms with van der Waals surface area (Å²) in [5.41, 5.74) is 5.14. The van der Waals surface area contributed by atoms with E-state index in [1.807, 2.05) is 0 Å². The van der Waals surface area contributed by atoms with Gasteiger partial charge in [0.2, 0.25) is 5.91 Å². The molecule has 0 fully saturated rings. The maximum Gasteiger partial charge on any atom is 0.303 e. The summed E-state index contributed by atoms with van der Waals surface area (Å²) in [6.45, 7) is 4.35. The van der Waals surface area contributed by atoms with Crippen LogP contribution in [0.2, 0.25) is 0 Å². The van der Waals surface area contributed by atoms with E-state index in [0.717, 1.165) is 6.42 Å². The van der Waals surface area contributed by atoms with Crippen molar-refractivity contribution >= 4 is 17.8 Å². The van der Waals surface area contributed by atoms with Gasteiger partial charge < -0.3 is 15.8 Å². The minimum Gasteiger partial charge on any atom is -0.456 e. The molecule has 0 rings (SSSR count). The summed E-state index contributed by atoms with van der Waals surface area (Å²) in [4.78, 5) is 32.8. The average molecular weight is 242 g/mol. The minimum absolute atomic E-state index is 0.402. The summed E-state index contributed by atoms with van der Waals surface area (Å²) in [6, 6.07) is -0.738. The highest BCUT2D eigenvalue weighted by molar-refractivity contribution is 5.87. The largest absolute Gasteiger partial charge is 0.456 e. The number of carbonyl (C=O) groups is 3. The Labute approximate surface area is 100 Å². The van der Waals surface area contributed by atoms with Crippen LogP contribution in [-0.4, -0.2) is 30.4 Å². The number of nitrogens with one attached hydrogen (secondary N) is 1. The highest BCUT2D eigenvalue weighted by atomic mass is 16.5. The quantitative estimate of drug-likeness (QED) is 0.352. The molecule has 6 nitrogen and oxygen atoms in total. The molecule has 0 saturated carbocycles. The minimum atomic E-state index is -0.738. The van der Waals surface area contributed by atoms with E-state index in [1.165, 1.54) is 6.92 Å². The zero-order valence-corrected chi connectivity index (χ0v) is 9.90. The molecular formula is C11H18N2O4. The highest BCUT2D eigenvalue weighted by Gasteiger charge is 2.17. The zero-order valence-electron chi connectivity index (χ0n) is 9.90. The first-order valence-electron chi connectivity index (χ1n) is 5.30. The number of hydrogen-bond acceptors (Lipinski definition) is 4. The Kier molecular flexibility index (Phi) is 7.41. The molecule has 0 unspecified atom stereocenters. The Hall–Kier alpha value is -1.85. The summed E-state index contributed by atoms with van der Waals surface area (Å²) >= 11 is 0. The Balaban J connectivity index is 4.06. The van der Waals surface area contributed by atoms with Crippen LogP contribution in [0.4, 0.5) is 0 Å². The van der Waals surface area contributed by atoms with E-state index in [9.17, 15) is 14.4 Å². The molecule has 0 heterocycles. The zero-order chi connectivity index (χ0) is 13.3. The second kappa shape index (κ2) is 8.32. The van der Waals surface area contributed by atoms with Gasteiger partial charge in [-0.05, 0) is 19.3 Å². The lowest BCUT2D eigenvalue weighted by molar-refractivity contribution is -0.146. The molecule has 2 amide bonds. The summed E-state index contributed by atoms with van der Waals surface area (Å²) in [5.74, 6) is -1.70. The summed E-state index contributed by atoms with van der Waals surface area (Å²) < 4.78 is 4.49. The van der Waals surface area contributed by atoms with Gasteiger partial charge in [0.1, 0.15) is 6.04 Å². The molecule has 0 bridgehead atoms. The van der Waals surface area contributed by atoms with Crippen LogP contribution in [0.25, 0.3) is 0 Å². The summed E-state index contributed by atoms with van der Waals surface area (Å²) in [5, 5.41) is 2.41. The standard InChI is InChI=1S/C11H18N2O4/c1-3-4-5-6-9(11(12)16)13-10(15)7-17-8(2)14/h3,9H,1,4-7H2,2H3,(H2,12,16)(H,13,15)/t9-/m0/s1. The third-order valence-electron chi connectivity index (χ3n) is 1.99. The van der Waals surface area contributed by atoms with Crippen LogP contribution in [-0.2, 0) is 19.1 Å². The van der Waals surface area contributed by atoms with Gasteiger partial charge in [-0.2, -0.15) is 0 Å². The van der Waals surface area contributed by atoms with Gasteiger partial charge in [-0.3, -0.25) is 14.4 Å². The van der Waals surface area contributed by atoms with Crippen molar-refractivity contribution in [2.45, 2.75) is 32.2 Å². The molecule has 0 aromatic carbocycles. The van der Waals surface area contributed by atoms with Gasteiger partial charge >= 0.3 is 5.97 Å². The van der Waals surface area contributed by atoms with Crippen molar-refractivity contribution in [1.29, 1.82) is 0 Å². The topological polar surface area (TPSA) is 98.5 Å². The predicted molar refractivity (Wildman–Crippen MR) is 61.8 cm³/mol. The van der Waals surface area contributed by atoms with Gasteiger partial charge in [-0.15, -0.1) is 6.58 Å². The van der Waals surface area contributed by atoms with Crippen molar-refractivity contribution in [2.24, 2.45) is 5.73 Å². The summed E-state index contributed by atoms with van der Waals surface area (Å²) in [7, 11) is 0. The fraction of sp³-hybridized carbons (Fsp3) is 0.545.